The fourth-order valence-corrected chi connectivity index (χ4v) is 2.34. The SMILES string of the molecule is Cc1cc(Cl)c(C(C)C)n1C(C)C. The van der Waals surface area contributed by atoms with Crippen molar-refractivity contribution >= 4 is 11.6 Å². The first-order valence-corrected chi connectivity index (χ1v) is 5.20. The van der Waals surface area contributed by atoms with Gasteiger partial charge in [-0.2, -0.15) is 0 Å². The molecule has 0 fully saturated rings. The second-order valence-electron chi connectivity index (χ2n) is 4.14. The van der Waals surface area contributed by atoms with E-state index in [9.17, 15) is 0 Å². The Morgan fingerprint density at radius 1 is 1.23 bits per heavy atom. The number of nitrogens with zero attached hydrogens (tertiary/aromatic N) is 1. The van der Waals surface area contributed by atoms with Gasteiger partial charge in [-0.15, -0.1) is 0 Å². The maximum absolute atomic E-state index is 6.17. The zero-order valence-corrected chi connectivity index (χ0v) is 9.81. The Balaban J connectivity index is 3.29. The zero-order valence-electron chi connectivity index (χ0n) is 9.06. The van der Waals surface area contributed by atoms with Crippen molar-refractivity contribution in [2.24, 2.45) is 0 Å². The minimum atomic E-state index is 0.489. The lowest BCUT2D eigenvalue weighted by Crippen LogP contribution is -2.08. The van der Waals surface area contributed by atoms with Crippen LogP contribution in [0.2, 0.25) is 5.02 Å². The molecule has 0 aliphatic carbocycles. The largest absolute Gasteiger partial charge is 0.345 e. The van der Waals surface area contributed by atoms with Crippen LogP contribution in [-0.4, -0.2) is 4.57 Å². The second-order valence-corrected chi connectivity index (χ2v) is 4.54. The average Bonchev–Trinajstić information content (AvgIpc) is 2.24. The third kappa shape index (κ3) is 1.91. The van der Waals surface area contributed by atoms with Gasteiger partial charge in [0, 0.05) is 17.4 Å². The van der Waals surface area contributed by atoms with Crippen LogP contribution in [0.3, 0.4) is 0 Å². The molecule has 0 saturated carbocycles. The van der Waals surface area contributed by atoms with Crippen LogP contribution in [-0.2, 0) is 0 Å². The lowest BCUT2D eigenvalue weighted by molar-refractivity contribution is 0.548. The number of rotatable bonds is 2. The van der Waals surface area contributed by atoms with Gasteiger partial charge < -0.3 is 4.57 Å². The van der Waals surface area contributed by atoms with E-state index in [-0.39, 0.29) is 0 Å². The molecule has 0 saturated heterocycles. The van der Waals surface area contributed by atoms with Gasteiger partial charge in [-0.25, -0.2) is 0 Å². The lowest BCUT2D eigenvalue weighted by Gasteiger charge is -2.18. The number of aromatic nitrogens is 1. The maximum Gasteiger partial charge on any atom is 0.0620 e. The van der Waals surface area contributed by atoms with Crippen molar-refractivity contribution in [1.29, 1.82) is 0 Å². The summed E-state index contributed by atoms with van der Waals surface area (Å²) in [6, 6.07) is 2.54. The highest BCUT2D eigenvalue weighted by Gasteiger charge is 2.15. The summed E-state index contributed by atoms with van der Waals surface area (Å²) in [5.74, 6) is 0.489. The molecule has 0 N–H and O–H groups in total. The predicted octanol–water partition coefficient (Wildman–Crippen LogP) is 4.15. The highest BCUT2D eigenvalue weighted by molar-refractivity contribution is 6.31. The summed E-state index contributed by atoms with van der Waals surface area (Å²) in [6.45, 7) is 10.8. The summed E-state index contributed by atoms with van der Waals surface area (Å²) in [6.07, 6.45) is 0. The lowest BCUT2D eigenvalue weighted by atomic mass is 10.1. The zero-order chi connectivity index (χ0) is 10.2. The number of hydrogen-bond acceptors (Lipinski definition) is 0. The Hall–Kier alpha value is -0.430. The number of halogens is 1. The first-order chi connectivity index (χ1) is 5.95. The van der Waals surface area contributed by atoms with Gasteiger partial charge in [-0.05, 0) is 32.8 Å². The van der Waals surface area contributed by atoms with E-state index in [1.54, 1.807) is 0 Å². The first-order valence-electron chi connectivity index (χ1n) is 4.82. The minimum absolute atomic E-state index is 0.489. The monoisotopic (exact) mass is 199 g/mol. The molecule has 0 aromatic carbocycles. The average molecular weight is 200 g/mol. The molecule has 1 nitrogen and oxygen atoms in total. The Labute approximate surface area is 85.7 Å². The summed E-state index contributed by atoms with van der Waals surface area (Å²) in [5, 5.41) is 0.904. The van der Waals surface area contributed by atoms with Crippen LogP contribution < -0.4 is 0 Å². The molecule has 1 heterocycles. The van der Waals surface area contributed by atoms with Gasteiger partial charge in [0.1, 0.15) is 0 Å². The molecule has 0 atom stereocenters. The molecular formula is C11H18ClN. The molecular weight excluding hydrogens is 182 g/mol. The first kappa shape index (κ1) is 10.6. The van der Waals surface area contributed by atoms with E-state index in [0.29, 0.717) is 12.0 Å². The van der Waals surface area contributed by atoms with Gasteiger partial charge in [-0.1, -0.05) is 25.4 Å². The van der Waals surface area contributed by atoms with Gasteiger partial charge in [0.05, 0.1) is 5.02 Å². The normalized spacial score (nSPS) is 11.7. The molecule has 1 aromatic heterocycles. The van der Waals surface area contributed by atoms with E-state index in [1.807, 2.05) is 0 Å². The van der Waals surface area contributed by atoms with Crippen molar-refractivity contribution < 1.29 is 0 Å². The van der Waals surface area contributed by atoms with Gasteiger partial charge in [0.15, 0.2) is 0 Å². The summed E-state index contributed by atoms with van der Waals surface area (Å²) in [4.78, 5) is 0. The molecule has 0 amide bonds. The highest BCUT2D eigenvalue weighted by Crippen LogP contribution is 2.30. The summed E-state index contributed by atoms with van der Waals surface area (Å²) in [7, 11) is 0. The third-order valence-electron chi connectivity index (χ3n) is 2.28. The minimum Gasteiger partial charge on any atom is -0.345 e. The van der Waals surface area contributed by atoms with Crippen LogP contribution in [0.1, 0.15) is 51.0 Å². The predicted molar refractivity (Wildman–Crippen MR) is 58.7 cm³/mol. The molecule has 1 aromatic rings. The van der Waals surface area contributed by atoms with Crippen LogP contribution in [0.15, 0.2) is 6.07 Å². The molecule has 1 rings (SSSR count). The van der Waals surface area contributed by atoms with Crippen molar-refractivity contribution in [3.63, 3.8) is 0 Å². The van der Waals surface area contributed by atoms with Gasteiger partial charge in [0.25, 0.3) is 0 Å². The van der Waals surface area contributed by atoms with Crippen molar-refractivity contribution in [3.05, 3.63) is 22.5 Å². The van der Waals surface area contributed by atoms with Crippen LogP contribution in [0, 0.1) is 6.92 Å². The molecule has 74 valence electrons. The van der Waals surface area contributed by atoms with Crippen LogP contribution >= 0.6 is 11.6 Å². The van der Waals surface area contributed by atoms with E-state index < -0.39 is 0 Å². The standard InChI is InChI=1S/C11H18ClN/c1-7(2)11-10(12)6-9(5)13(11)8(3)4/h6-8H,1-5H3. The van der Waals surface area contributed by atoms with Gasteiger partial charge in [0.2, 0.25) is 0 Å². The van der Waals surface area contributed by atoms with Gasteiger partial charge >= 0.3 is 0 Å². The molecule has 0 spiro atoms. The third-order valence-corrected chi connectivity index (χ3v) is 2.59. The van der Waals surface area contributed by atoms with E-state index in [0.717, 1.165) is 5.02 Å². The molecule has 0 aliphatic rings. The molecule has 13 heavy (non-hydrogen) atoms. The quantitative estimate of drug-likeness (QED) is 0.674. The number of hydrogen-bond donors (Lipinski definition) is 0. The summed E-state index contributed by atoms with van der Waals surface area (Å²) in [5.41, 5.74) is 2.51. The highest BCUT2D eigenvalue weighted by atomic mass is 35.5. The van der Waals surface area contributed by atoms with Crippen LogP contribution in [0.25, 0.3) is 0 Å². The molecule has 0 unspecified atom stereocenters. The Bertz CT molecular complexity index is 269. The van der Waals surface area contributed by atoms with E-state index in [4.69, 9.17) is 11.6 Å². The van der Waals surface area contributed by atoms with E-state index in [1.165, 1.54) is 11.4 Å². The maximum atomic E-state index is 6.17. The second kappa shape index (κ2) is 3.75. The molecule has 0 aliphatic heterocycles. The summed E-state index contributed by atoms with van der Waals surface area (Å²) < 4.78 is 2.31. The Morgan fingerprint density at radius 3 is 2.08 bits per heavy atom. The fourth-order valence-electron chi connectivity index (χ4n) is 1.87. The Kier molecular flexibility index (Phi) is 3.07. The smallest absolute Gasteiger partial charge is 0.0620 e. The summed E-state index contributed by atoms with van der Waals surface area (Å²) >= 11 is 6.17. The van der Waals surface area contributed by atoms with Crippen LogP contribution in [0.5, 0.6) is 0 Å². The number of aryl methyl sites for hydroxylation is 1. The Morgan fingerprint density at radius 2 is 1.77 bits per heavy atom. The van der Waals surface area contributed by atoms with Gasteiger partial charge in [-0.3, -0.25) is 0 Å². The molecule has 0 radical (unpaired) electrons. The topological polar surface area (TPSA) is 4.93 Å². The van der Waals surface area contributed by atoms with E-state index >= 15 is 0 Å². The molecule has 2 heteroatoms. The van der Waals surface area contributed by atoms with Crippen molar-refractivity contribution in [3.8, 4) is 0 Å². The van der Waals surface area contributed by atoms with Crippen molar-refractivity contribution in [2.75, 3.05) is 0 Å². The van der Waals surface area contributed by atoms with Crippen molar-refractivity contribution in [1.82, 2.24) is 4.57 Å². The molecule has 0 bridgehead atoms. The van der Waals surface area contributed by atoms with Crippen LogP contribution in [0.4, 0.5) is 0 Å². The van der Waals surface area contributed by atoms with Crippen molar-refractivity contribution in [2.45, 2.75) is 46.6 Å². The van der Waals surface area contributed by atoms with E-state index in [2.05, 4.69) is 45.3 Å². The fraction of sp³-hybridized carbons (Fsp3) is 0.636.